The number of aromatic nitrogens is 4. The number of nitriles is 1. The van der Waals surface area contributed by atoms with Crippen molar-refractivity contribution >= 4 is 65.7 Å². The van der Waals surface area contributed by atoms with Gasteiger partial charge >= 0.3 is 17.3 Å². The van der Waals surface area contributed by atoms with E-state index in [9.17, 15) is 9.37 Å². The fraction of sp³-hybridized carbons (Fsp3) is 0.188. The Balaban J connectivity index is 1.24. The average Bonchev–Trinajstić information content (AvgIpc) is 4.18. The highest BCUT2D eigenvalue weighted by atomic mass is 16.3. The molecule has 7 heteroatoms. The molecule has 0 bridgehead atoms. The minimum atomic E-state index is -2.58. The second-order valence-corrected chi connectivity index (χ2v) is 21.2. The number of nitrogens with zero attached hydrogens (tertiary/aromatic N) is 5. The first-order chi connectivity index (χ1) is 35.6. The largest absolute Gasteiger partial charge is 0.456 e. The molecule has 6 heterocycles. The summed E-state index contributed by atoms with van der Waals surface area (Å²) in [6.07, 6.45) is 2.17. The van der Waals surface area contributed by atoms with Crippen molar-refractivity contribution in [2.45, 2.75) is 78.2 Å². The predicted molar refractivity (Wildman–Crippen MR) is 284 cm³/mol. The van der Waals surface area contributed by atoms with Gasteiger partial charge in [0, 0.05) is 53.7 Å². The molecule has 12 aromatic rings. The molecule has 14 rings (SSSR count). The molecule has 7 nitrogen and oxygen atoms in total. The van der Waals surface area contributed by atoms with Crippen LogP contribution in [0.2, 0.25) is 0 Å². The van der Waals surface area contributed by atoms with Crippen LogP contribution in [0.1, 0.15) is 103 Å². The van der Waals surface area contributed by atoms with Crippen molar-refractivity contribution in [3.05, 3.63) is 191 Å². The van der Waals surface area contributed by atoms with Gasteiger partial charge in [0.25, 0.3) is 0 Å². The zero-order chi connectivity index (χ0) is 50.9. The number of fused-ring (bicyclic) bond motifs is 21. The fourth-order valence-corrected chi connectivity index (χ4v) is 12.2. The van der Waals surface area contributed by atoms with Gasteiger partial charge in [-0.3, -0.25) is 0 Å². The highest BCUT2D eigenvalue weighted by Gasteiger charge is 2.65. The third-order valence-corrected chi connectivity index (χ3v) is 15.4. The van der Waals surface area contributed by atoms with Gasteiger partial charge in [-0.1, -0.05) is 109 Å². The first-order valence-electron chi connectivity index (χ1n) is 26.1. The molecule has 2 aliphatic heterocycles. The normalized spacial score (nSPS) is 15.9. The zero-order valence-corrected chi connectivity index (χ0v) is 40.6. The molecule has 1 atom stereocenters. The van der Waals surface area contributed by atoms with Crippen LogP contribution in [0.25, 0.3) is 105 Å². The predicted octanol–water partition coefficient (Wildman–Crippen LogP) is 15.2. The van der Waals surface area contributed by atoms with Crippen LogP contribution in [-0.4, -0.2) is 9.55 Å². The summed E-state index contributed by atoms with van der Waals surface area (Å²) in [5.74, 6) is 1.85. The van der Waals surface area contributed by atoms with Crippen molar-refractivity contribution in [1.82, 2.24) is 9.55 Å². The quantitative estimate of drug-likeness (QED) is 0.165. The molecule has 342 valence electrons. The van der Waals surface area contributed by atoms with Crippen molar-refractivity contribution in [2.75, 3.05) is 0 Å². The molecular weight excluding hydrogens is 871 g/mol. The van der Waals surface area contributed by atoms with E-state index in [2.05, 4.69) is 184 Å². The van der Waals surface area contributed by atoms with Crippen LogP contribution in [-0.2, 0) is 11.1 Å². The summed E-state index contributed by atoms with van der Waals surface area (Å²) < 4.78 is 49.5. The lowest BCUT2D eigenvalue weighted by Gasteiger charge is -2.24. The molecule has 71 heavy (non-hydrogen) atoms. The number of furan rings is 2. The summed E-state index contributed by atoms with van der Waals surface area (Å²) in [6.45, 7) is 13.1. The third-order valence-electron chi connectivity index (χ3n) is 15.4. The van der Waals surface area contributed by atoms with E-state index in [0.29, 0.717) is 38.7 Å². The minimum absolute atomic E-state index is 0.0926. The number of benzene rings is 8. The molecule has 8 aromatic carbocycles. The molecule has 0 fully saturated rings. The van der Waals surface area contributed by atoms with E-state index in [-0.39, 0.29) is 22.8 Å². The molecule has 0 amide bonds. The van der Waals surface area contributed by atoms with Crippen LogP contribution >= 0.6 is 0 Å². The van der Waals surface area contributed by atoms with Crippen LogP contribution < -0.4 is 9.13 Å². The van der Waals surface area contributed by atoms with Gasteiger partial charge in [-0.2, -0.15) is 19.0 Å². The van der Waals surface area contributed by atoms with Gasteiger partial charge in [0.15, 0.2) is 22.3 Å². The Morgan fingerprint density at radius 2 is 1.41 bits per heavy atom. The molecule has 2 aliphatic rings. The smallest absolute Gasteiger partial charge is 0.335 e. The minimum Gasteiger partial charge on any atom is -0.456 e. The maximum absolute atomic E-state index is 9.76. The highest BCUT2D eigenvalue weighted by molar-refractivity contribution is 6.18. The Hall–Kier alpha value is -8.34. The molecule has 0 radical (unpaired) electrons. The molecule has 0 aliphatic carbocycles. The topological polar surface area (TPSA) is 75.7 Å². The van der Waals surface area contributed by atoms with Crippen molar-refractivity contribution in [1.29, 1.82) is 5.26 Å². The van der Waals surface area contributed by atoms with E-state index < -0.39 is 12.5 Å². The van der Waals surface area contributed by atoms with Gasteiger partial charge in [0.1, 0.15) is 34.2 Å². The van der Waals surface area contributed by atoms with Crippen LogP contribution in [0.5, 0.6) is 0 Å². The Bertz CT molecular complexity index is 4460. The lowest BCUT2D eigenvalue weighted by Crippen LogP contribution is -2.71. The first-order valence-corrected chi connectivity index (χ1v) is 24.6. The van der Waals surface area contributed by atoms with Gasteiger partial charge in [-0.05, 0) is 125 Å². The number of hydrogen-bond donors (Lipinski definition) is 0. The summed E-state index contributed by atoms with van der Waals surface area (Å²) in [6, 6.07) is 52.6. The van der Waals surface area contributed by atoms with Gasteiger partial charge < -0.3 is 8.83 Å². The van der Waals surface area contributed by atoms with Gasteiger partial charge in [0.05, 0.1) is 28.3 Å². The van der Waals surface area contributed by atoms with E-state index in [1.807, 2.05) is 24.3 Å². The third kappa shape index (κ3) is 5.45. The van der Waals surface area contributed by atoms with Crippen LogP contribution in [0.15, 0.2) is 161 Å². The summed E-state index contributed by atoms with van der Waals surface area (Å²) in [7, 11) is 0. The van der Waals surface area contributed by atoms with E-state index >= 15 is 0 Å². The second kappa shape index (κ2) is 14.4. The molecule has 1 unspecified atom stereocenters. The maximum Gasteiger partial charge on any atom is 0.335 e. The Labute approximate surface area is 415 Å². The summed E-state index contributed by atoms with van der Waals surface area (Å²) >= 11 is 0. The van der Waals surface area contributed by atoms with E-state index in [0.717, 1.165) is 89.0 Å². The molecular formula is C64H51N5O2+2. The zero-order valence-electron chi connectivity index (χ0n) is 43.6. The van der Waals surface area contributed by atoms with Crippen molar-refractivity contribution < 1.29 is 22.1 Å². The van der Waals surface area contributed by atoms with E-state index in [1.165, 1.54) is 11.1 Å². The Morgan fingerprint density at radius 3 is 2.17 bits per heavy atom. The Kier molecular flexibility index (Phi) is 7.79. The van der Waals surface area contributed by atoms with Crippen molar-refractivity contribution in [2.24, 2.45) is 0 Å². The second-order valence-electron chi connectivity index (χ2n) is 21.2. The number of hydrogen-bond acceptors (Lipinski definition) is 4. The van der Waals surface area contributed by atoms with Crippen LogP contribution in [0.3, 0.4) is 0 Å². The van der Waals surface area contributed by atoms with E-state index in [1.54, 1.807) is 12.1 Å². The lowest BCUT2D eigenvalue weighted by molar-refractivity contribution is -0.945. The SMILES string of the molecule is [2H]C([2H])([2H])c1cc2c(c3oc4cc5c(cc4c13)oc1cc(C#N)ccc15)-c1n(-c3c(C(C)C)cc(-c4ccccc4)cc3C(C)C)c3c4ccccc4ccc3[n+]1C21c2ccccc2-c2nc(C(C)(C)C)cc[n+]21. The summed E-state index contributed by atoms with van der Waals surface area (Å²) in [5.41, 5.74) is 13.7. The maximum atomic E-state index is 9.76. The first kappa shape index (κ1) is 38.5. The van der Waals surface area contributed by atoms with Gasteiger partial charge in [-0.15, -0.1) is 0 Å². The number of rotatable bonds is 4. The Morgan fingerprint density at radius 1 is 0.690 bits per heavy atom. The fourth-order valence-electron chi connectivity index (χ4n) is 12.2. The summed E-state index contributed by atoms with van der Waals surface area (Å²) in [5, 5.41) is 14.7. The van der Waals surface area contributed by atoms with Crippen LogP contribution in [0.4, 0.5) is 0 Å². The van der Waals surface area contributed by atoms with Gasteiger partial charge in [0.2, 0.25) is 0 Å². The summed E-state index contributed by atoms with van der Waals surface area (Å²) in [4.78, 5) is 5.55. The number of imidazole rings is 1. The van der Waals surface area contributed by atoms with Crippen molar-refractivity contribution in [3.8, 4) is 45.7 Å². The van der Waals surface area contributed by atoms with E-state index in [4.69, 9.17) is 13.8 Å². The van der Waals surface area contributed by atoms with Crippen LogP contribution in [0, 0.1) is 18.2 Å². The molecule has 0 saturated carbocycles. The highest BCUT2D eigenvalue weighted by Crippen LogP contribution is 2.55. The molecule has 4 aromatic heterocycles. The molecule has 1 spiro atoms. The standard InChI is InChI=1S/C64H51N5O2/c1-35(2)45-30-41(39-16-10-9-11-17-39)31-46(36(3)4)58(45)68-59-42-19-13-12-18-40(42)23-25-51(59)69-62(68)57-50(64(69)49-21-15-14-20-44(49)61-66-55(63(6,7)8)26-27-67(61)64)28-37(5)56-48-33-53-47(32-54(48)71-60(56)57)43-24-22-38(34-65)29-52(43)70-53/h9-33,35-36H,1-8H3/q+2/i5D3. The number of aryl methyl sites for hydroxylation is 1. The average molecular weight is 925 g/mol. The van der Waals surface area contributed by atoms with Gasteiger partial charge in [-0.25, -0.2) is 0 Å². The monoisotopic (exact) mass is 924 g/mol. The molecule has 0 saturated heterocycles. The lowest BCUT2D eigenvalue weighted by atomic mass is 9.86. The molecule has 0 N–H and O–H groups in total. The van der Waals surface area contributed by atoms with Crippen molar-refractivity contribution in [3.63, 3.8) is 0 Å².